The Kier molecular flexibility index (Phi) is 9.25. The van der Waals surface area contributed by atoms with Gasteiger partial charge < -0.3 is 15.5 Å². The number of likely N-dealkylation sites (tertiary alicyclic amines) is 2. The van der Waals surface area contributed by atoms with Gasteiger partial charge in [-0.1, -0.05) is 30.3 Å². The molecule has 0 spiro atoms. The summed E-state index contributed by atoms with van der Waals surface area (Å²) in [5.74, 6) is -0.292. The molecule has 2 aromatic heterocycles. The predicted octanol–water partition coefficient (Wildman–Crippen LogP) is 3.97. The Morgan fingerprint density at radius 2 is 1.62 bits per heavy atom. The van der Waals surface area contributed by atoms with Gasteiger partial charge >= 0.3 is 0 Å². The Hall–Kier alpha value is -3.74. The van der Waals surface area contributed by atoms with E-state index in [4.69, 9.17) is 0 Å². The molecule has 4 aromatic rings. The number of ketones is 1. The Labute approximate surface area is 267 Å². The second kappa shape index (κ2) is 13.3. The Balaban J connectivity index is 1.14. The molecule has 0 aliphatic carbocycles. The molecular formula is C34H40N6O4S. The molecule has 0 unspecified atom stereocenters. The molecule has 11 heteroatoms. The lowest BCUT2D eigenvalue weighted by atomic mass is 9.91. The van der Waals surface area contributed by atoms with E-state index in [2.05, 4.69) is 25.2 Å². The maximum Gasteiger partial charge on any atom is 0.284 e. The van der Waals surface area contributed by atoms with Crippen molar-refractivity contribution < 1.29 is 19.8 Å². The quantitative estimate of drug-likeness (QED) is 0.226. The molecule has 3 N–H and O–H groups in total. The van der Waals surface area contributed by atoms with Crippen LogP contribution in [0.25, 0.3) is 11.1 Å². The van der Waals surface area contributed by atoms with E-state index in [0.717, 1.165) is 64.3 Å². The van der Waals surface area contributed by atoms with Crippen molar-refractivity contribution in [1.29, 1.82) is 0 Å². The predicted molar refractivity (Wildman–Crippen MR) is 174 cm³/mol. The summed E-state index contributed by atoms with van der Waals surface area (Å²) in [5, 5.41) is 27.6. The van der Waals surface area contributed by atoms with Crippen molar-refractivity contribution in [2.45, 2.75) is 58.4 Å². The van der Waals surface area contributed by atoms with E-state index >= 15 is 0 Å². The summed E-state index contributed by atoms with van der Waals surface area (Å²) < 4.78 is 1.76. The molecule has 10 nitrogen and oxygen atoms in total. The summed E-state index contributed by atoms with van der Waals surface area (Å²) in [6.45, 7) is 8.32. The van der Waals surface area contributed by atoms with Crippen LogP contribution in [0.4, 0.5) is 5.69 Å². The van der Waals surface area contributed by atoms with Crippen LogP contribution in [0, 0.1) is 13.8 Å². The van der Waals surface area contributed by atoms with Crippen molar-refractivity contribution in [2.24, 2.45) is 7.05 Å². The number of anilines is 1. The highest BCUT2D eigenvalue weighted by Gasteiger charge is 2.24. The van der Waals surface area contributed by atoms with Gasteiger partial charge in [-0.25, -0.2) is 4.98 Å². The van der Waals surface area contributed by atoms with Crippen molar-refractivity contribution in [3.63, 3.8) is 0 Å². The molecule has 2 fully saturated rings. The van der Waals surface area contributed by atoms with Crippen LogP contribution in [0.15, 0.2) is 48.7 Å². The summed E-state index contributed by atoms with van der Waals surface area (Å²) in [5.41, 5.74) is 6.98. The second-order valence-electron chi connectivity index (χ2n) is 12.3. The number of carbonyl (C=O) groups excluding carboxylic acids is 2. The molecule has 2 saturated heterocycles. The van der Waals surface area contributed by atoms with E-state index < -0.39 is 0 Å². The van der Waals surface area contributed by atoms with Crippen LogP contribution in [-0.4, -0.2) is 84.9 Å². The minimum Gasteiger partial charge on any atom is -0.392 e. The number of aryl methyl sites for hydroxylation is 1. The summed E-state index contributed by atoms with van der Waals surface area (Å²) in [4.78, 5) is 36.2. The smallest absolute Gasteiger partial charge is 0.284 e. The molecule has 0 bridgehead atoms. The number of thiazole rings is 1. The van der Waals surface area contributed by atoms with Crippen molar-refractivity contribution in [3.05, 3.63) is 86.6 Å². The van der Waals surface area contributed by atoms with Crippen molar-refractivity contribution in [3.8, 4) is 11.1 Å². The molecule has 6 rings (SSSR count). The number of aliphatic hydroxyl groups is 2. The first kappa shape index (κ1) is 31.3. The fourth-order valence-corrected chi connectivity index (χ4v) is 7.16. The monoisotopic (exact) mass is 628 g/mol. The molecule has 45 heavy (non-hydrogen) atoms. The van der Waals surface area contributed by atoms with E-state index in [1.54, 1.807) is 10.9 Å². The minimum absolute atomic E-state index is 0.0416. The number of nitrogens with one attached hydrogen (secondary N) is 1. The van der Waals surface area contributed by atoms with E-state index in [1.165, 1.54) is 11.3 Å². The molecule has 2 aliphatic heterocycles. The zero-order valence-electron chi connectivity index (χ0n) is 26.0. The van der Waals surface area contributed by atoms with Gasteiger partial charge in [0.1, 0.15) is 5.69 Å². The van der Waals surface area contributed by atoms with Crippen molar-refractivity contribution in [2.75, 3.05) is 31.5 Å². The van der Waals surface area contributed by atoms with E-state index in [0.29, 0.717) is 42.6 Å². The molecule has 2 atom stereocenters. The number of β-amino-alcohol motifs (C(OH)–C–C–N with tert-alkyl or cyclic N) is 2. The van der Waals surface area contributed by atoms with Gasteiger partial charge in [-0.2, -0.15) is 5.10 Å². The highest BCUT2D eigenvalue weighted by molar-refractivity contribution is 7.13. The van der Waals surface area contributed by atoms with Crippen molar-refractivity contribution in [1.82, 2.24) is 24.6 Å². The van der Waals surface area contributed by atoms with Crippen molar-refractivity contribution >= 4 is 28.7 Å². The van der Waals surface area contributed by atoms with Crippen LogP contribution in [0.3, 0.4) is 0 Å². The summed E-state index contributed by atoms with van der Waals surface area (Å²) in [7, 11) is 1.85. The molecule has 236 valence electrons. The maximum absolute atomic E-state index is 13.4. The number of rotatable bonds is 10. The lowest BCUT2D eigenvalue weighted by Gasteiger charge is -2.16. The van der Waals surface area contributed by atoms with Crippen LogP contribution < -0.4 is 5.32 Å². The zero-order valence-corrected chi connectivity index (χ0v) is 26.8. The third-order valence-electron chi connectivity index (χ3n) is 8.94. The number of Topliss-reactive ketones (excluding diaryl/α,β-unsaturated/α-hetero) is 1. The lowest BCUT2D eigenvalue weighted by molar-refractivity contribution is 0.0985. The van der Waals surface area contributed by atoms with Gasteiger partial charge in [-0.3, -0.25) is 24.1 Å². The van der Waals surface area contributed by atoms with Crippen LogP contribution in [-0.2, 0) is 26.6 Å². The largest absolute Gasteiger partial charge is 0.392 e. The van der Waals surface area contributed by atoms with E-state index in [9.17, 15) is 19.8 Å². The van der Waals surface area contributed by atoms with Crippen LogP contribution in [0.2, 0.25) is 0 Å². The number of hydrogen-bond donors (Lipinski definition) is 3. The first-order chi connectivity index (χ1) is 21.6. The van der Waals surface area contributed by atoms with Gasteiger partial charge in [-0.05, 0) is 66.6 Å². The number of carbonyl (C=O) groups is 2. The lowest BCUT2D eigenvalue weighted by Crippen LogP contribution is -2.22. The SMILES string of the molecule is Cc1c(CC(=O)c2cc(CN3CC[C@@H](O)C3)n(C)n2)cccc1-c1cccc(NC(=O)c2ncc(CN3CC[C@@H](O)C3)s2)c1C. The Bertz CT molecular complexity index is 1710. The number of aromatic nitrogens is 3. The number of aliphatic hydroxyl groups excluding tert-OH is 2. The van der Waals surface area contributed by atoms with Gasteiger partial charge in [-0.15, -0.1) is 11.3 Å². The average Bonchev–Trinajstić information content (AvgIpc) is 3.81. The van der Waals surface area contributed by atoms with Crippen LogP contribution in [0.5, 0.6) is 0 Å². The van der Waals surface area contributed by atoms with E-state index in [1.807, 2.05) is 63.4 Å². The third kappa shape index (κ3) is 7.08. The van der Waals surface area contributed by atoms with Crippen LogP contribution >= 0.6 is 11.3 Å². The summed E-state index contributed by atoms with van der Waals surface area (Å²) >= 11 is 1.38. The first-order valence-electron chi connectivity index (χ1n) is 15.5. The van der Waals surface area contributed by atoms with E-state index in [-0.39, 0.29) is 30.3 Å². The Morgan fingerprint density at radius 1 is 0.956 bits per heavy atom. The number of nitrogens with zero attached hydrogens (tertiary/aromatic N) is 5. The normalized spacial score (nSPS) is 19.0. The molecule has 1 amide bonds. The van der Waals surface area contributed by atoms with Gasteiger partial charge in [0, 0.05) is 69.5 Å². The fraction of sp³-hybridized carbons (Fsp3) is 0.412. The van der Waals surface area contributed by atoms with Gasteiger partial charge in [0.25, 0.3) is 5.91 Å². The number of amides is 1. The van der Waals surface area contributed by atoms with Gasteiger partial charge in [0.05, 0.1) is 17.9 Å². The van der Waals surface area contributed by atoms with Crippen LogP contribution in [0.1, 0.15) is 60.4 Å². The van der Waals surface area contributed by atoms with Gasteiger partial charge in [0.2, 0.25) is 0 Å². The standard InChI is InChI=1S/C34H40N6O4S/c1-21-23(14-32(43)31-15-24(38(3)37-31)17-39-12-10-25(41)18-39)6-4-7-28(21)29-8-5-9-30(22(29)2)36-33(44)34-35-16-27(45-34)20-40-13-11-26(42)19-40/h4-9,15-16,25-26,41-42H,10-14,17-20H2,1-3H3,(H,36,44)/t25-,26-/m1/s1. The highest BCUT2D eigenvalue weighted by Crippen LogP contribution is 2.33. The minimum atomic E-state index is -0.289. The molecule has 0 saturated carbocycles. The zero-order chi connectivity index (χ0) is 31.7. The molecule has 4 heterocycles. The second-order valence-corrected chi connectivity index (χ2v) is 13.4. The third-order valence-corrected chi connectivity index (χ3v) is 9.92. The molecular weight excluding hydrogens is 588 g/mol. The molecule has 2 aromatic carbocycles. The number of benzene rings is 2. The highest BCUT2D eigenvalue weighted by atomic mass is 32.1. The Morgan fingerprint density at radius 3 is 2.31 bits per heavy atom. The number of hydrogen-bond acceptors (Lipinski definition) is 9. The topological polar surface area (TPSA) is 124 Å². The summed E-state index contributed by atoms with van der Waals surface area (Å²) in [6.07, 6.45) is 2.95. The fourth-order valence-electron chi connectivity index (χ4n) is 6.31. The maximum atomic E-state index is 13.4. The molecule has 0 radical (unpaired) electrons. The molecule has 2 aliphatic rings. The average molecular weight is 629 g/mol. The summed E-state index contributed by atoms with van der Waals surface area (Å²) in [6, 6.07) is 13.7. The van der Waals surface area contributed by atoms with Gasteiger partial charge in [0.15, 0.2) is 10.8 Å². The first-order valence-corrected chi connectivity index (χ1v) is 16.3.